The van der Waals surface area contributed by atoms with Crippen molar-refractivity contribution in [2.24, 2.45) is 0 Å². The van der Waals surface area contributed by atoms with Crippen molar-refractivity contribution in [2.45, 2.75) is 25.9 Å². The molecule has 2 aromatic rings. The minimum Gasteiger partial charge on any atom is -0.387 e. The number of nitrogens with zero attached hydrogens (tertiary/aromatic N) is 1. The second-order valence-electron chi connectivity index (χ2n) is 3.85. The minimum absolute atomic E-state index is 0.450. The molecule has 1 unspecified atom stereocenters. The number of hydrogen-bond acceptors (Lipinski definition) is 3. The van der Waals surface area contributed by atoms with Crippen LogP contribution in [0.4, 0.5) is 0 Å². The van der Waals surface area contributed by atoms with Gasteiger partial charge in [0.05, 0.1) is 6.10 Å². The summed E-state index contributed by atoms with van der Waals surface area (Å²) in [6.45, 7) is 2.12. The van der Waals surface area contributed by atoms with Gasteiger partial charge in [-0.25, -0.2) is 0 Å². The Labute approximate surface area is 113 Å². The summed E-state index contributed by atoms with van der Waals surface area (Å²) in [5.41, 5.74) is 0.909. The molecule has 0 bridgehead atoms. The lowest BCUT2D eigenvalue weighted by Gasteiger charge is -2.07. The van der Waals surface area contributed by atoms with Gasteiger partial charge in [-0.05, 0) is 46.6 Å². The van der Waals surface area contributed by atoms with E-state index >= 15 is 0 Å². The summed E-state index contributed by atoms with van der Waals surface area (Å²) in [6.07, 6.45) is 2.90. The molecule has 0 radical (unpaired) electrons. The Morgan fingerprint density at radius 2 is 2.18 bits per heavy atom. The molecule has 1 atom stereocenters. The van der Waals surface area contributed by atoms with Gasteiger partial charge in [0.15, 0.2) is 0 Å². The van der Waals surface area contributed by atoms with Crippen LogP contribution in [0.3, 0.4) is 0 Å². The number of halogens is 1. The third-order valence-corrected chi connectivity index (χ3v) is 4.35. The molecule has 0 aliphatic heterocycles. The van der Waals surface area contributed by atoms with Gasteiger partial charge in [-0.2, -0.15) is 0 Å². The maximum absolute atomic E-state index is 10.1. The maximum Gasteiger partial charge on any atom is 0.0937 e. The van der Waals surface area contributed by atoms with Crippen LogP contribution in [0.1, 0.15) is 28.5 Å². The molecular formula is C13H14BrNOS. The summed E-state index contributed by atoms with van der Waals surface area (Å²) in [7, 11) is 0. The fraction of sp³-hybridized carbons (Fsp3) is 0.308. The lowest BCUT2D eigenvalue weighted by molar-refractivity contribution is 0.181. The highest BCUT2D eigenvalue weighted by atomic mass is 79.9. The number of hydrogen-bond donors (Lipinski definition) is 1. The first-order valence-corrected chi connectivity index (χ1v) is 7.17. The second kappa shape index (κ2) is 5.76. The summed E-state index contributed by atoms with van der Waals surface area (Å²) in [4.78, 5) is 6.60. The van der Waals surface area contributed by atoms with E-state index in [1.165, 1.54) is 4.88 Å². The number of aryl methyl sites for hydroxylation is 1. The first kappa shape index (κ1) is 12.7. The zero-order valence-electron chi connectivity index (χ0n) is 9.56. The van der Waals surface area contributed by atoms with Gasteiger partial charge < -0.3 is 5.11 Å². The van der Waals surface area contributed by atoms with E-state index in [1.54, 1.807) is 17.5 Å². The predicted octanol–water partition coefficient (Wildman–Crippen LogP) is 3.74. The summed E-state index contributed by atoms with van der Waals surface area (Å²) in [5, 5.41) is 10.1. The SMILES string of the molecule is CCc1ccc(C(O)Cc2ccc(Br)cn2)s1. The van der Waals surface area contributed by atoms with Gasteiger partial charge in [-0.15, -0.1) is 11.3 Å². The van der Waals surface area contributed by atoms with Gasteiger partial charge in [0.25, 0.3) is 0 Å². The fourth-order valence-corrected chi connectivity index (χ4v) is 2.76. The molecule has 90 valence electrons. The molecule has 4 heteroatoms. The number of aromatic nitrogens is 1. The van der Waals surface area contributed by atoms with Gasteiger partial charge in [0, 0.05) is 32.5 Å². The van der Waals surface area contributed by atoms with Crippen LogP contribution >= 0.6 is 27.3 Å². The lowest BCUT2D eigenvalue weighted by atomic mass is 10.1. The summed E-state index contributed by atoms with van der Waals surface area (Å²) in [6, 6.07) is 7.97. The maximum atomic E-state index is 10.1. The van der Waals surface area contributed by atoms with Crippen molar-refractivity contribution < 1.29 is 5.11 Å². The number of pyridine rings is 1. The second-order valence-corrected chi connectivity index (χ2v) is 5.96. The van der Waals surface area contributed by atoms with Crippen molar-refractivity contribution in [3.8, 4) is 0 Å². The van der Waals surface area contributed by atoms with Crippen LogP contribution in [0.2, 0.25) is 0 Å². The molecule has 0 saturated heterocycles. The van der Waals surface area contributed by atoms with E-state index in [2.05, 4.69) is 33.9 Å². The summed E-state index contributed by atoms with van der Waals surface area (Å²) < 4.78 is 0.958. The molecule has 2 nitrogen and oxygen atoms in total. The number of aliphatic hydroxyl groups is 1. The average Bonchev–Trinajstić information content (AvgIpc) is 2.81. The van der Waals surface area contributed by atoms with Gasteiger partial charge in [-0.1, -0.05) is 6.92 Å². The van der Waals surface area contributed by atoms with E-state index < -0.39 is 6.10 Å². The van der Waals surface area contributed by atoms with E-state index in [0.29, 0.717) is 6.42 Å². The molecule has 0 spiro atoms. The van der Waals surface area contributed by atoms with Gasteiger partial charge in [-0.3, -0.25) is 4.98 Å². The zero-order valence-corrected chi connectivity index (χ0v) is 12.0. The Bertz CT molecular complexity index is 480. The molecule has 1 N–H and O–H groups in total. The lowest BCUT2D eigenvalue weighted by Crippen LogP contribution is -2.01. The molecular weight excluding hydrogens is 298 g/mol. The number of thiophene rings is 1. The normalized spacial score (nSPS) is 12.6. The molecule has 0 aliphatic carbocycles. The van der Waals surface area contributed by atoms with E-state index in [1.807, 2.05) is 18.2 Å². The van der Waals surface area contributed by atoms with Crippen LogP contribution < -0.4 is 0 Å². The monoisotopic (exact) mass is 311 g/mol. The van der Waals surface area contributed by atoms with Gasteiger partial charge in [0.1, 0.15) is 0 Å². The molecule has 0 saturated carbocycles. The van der Waals surface area contributed by atoms with Crippen LogP contribution in [-0.4, -0.2) is 10.1 Å². The Hall–Kier alpha value is -0.710. The van der Waals surface area contributed by atoms with Crippen LogP contribution in [0, 0.1) is 0 Å². The first-order chi connectivity index (χ1) is 8.19. The molecule has 0 aromatic carbocycles. The highest BCUT2D eigenvalue weighted by Crippen LogP contribution is 2.26. The van der Waals surface area contributed by atoms with E-state index in [-0.39, 0.29) is 0 Å². The van der Waals surface area contributed by atoms with Crippen LogP contribution in [0.5, 0.6) is 0 Å². The average molecular weight is 312 g/mol. The van der Waals surface area contributed by atoms with Crippen LogP contribution in [0.15, 0.2) is 34.9 Å². The van der Waals surface area contributed by atoms with E-state index in [9.17, 15) is 5.11 Å². The smallest absolute Gasteiger partial charge is 0.0937 e. The molecule has 0 fully saturated rings. The Morgan fingerprint density at radius 1 is 1.35 bits per heavy atom. The fourth-order valence-electron chi connectivity index (χ4n) is 1.59. The van der Waals surface area contributed by atoms with Crippen molar-refractivity contribution in [2.75, 3.05) is 0 Å². The van der Waals surface area contributed by atoms with E-state index in [4.69, 9.17) is 0 Å². The Morgan fingerprint density at radius 3 is 2.76 bits per heavy atom. The predicted molar refractivity (Wildman–Crippen MR) is 74.3 cm³/mol. The molecule has 2 aromatic heterocycles. The van der Waals surface area contributed by atoms with Gasteiger partial charge in [0.2, 0.25) is 0 Å². The number of rotatable bonds is 4. The van der Waals surface area contributed by atoms with Crippen LogP contribution in [0.25, 0.3) is 0 Å². The van der Waals surface area contributed by atoms with Gasteiger partial charge >= 0.3 is 0 Å². The molecule has 2 heterocycles. The van der Waals surface area contributed by atoms with Crippen molar-refractivity contribution in [1.82, 2.24) is 4.98 Å². The topological polar surface area (TPSA) is 33.1 Å². The minimum atomic E-state index is -0.450. The standard InChI is InChI=1S/C13H14BrNOS/c1-2-11-5-6-13(17-11)12(16)7-10-4-3-9(14)8-15-10/h3-6,8,12,16H,2,7H2,1H3. The number of aliphatic hydroxyl groups excluding tert-OH is 1. The quantitative estimate of drug-likeness (QED) is 0.933. The van der Waals surface area contributed by atoms with Crippen molar-refractivity contribution in [1.29, 1.82) is 0 Å². The third kappa shape index (κ3) is 3.37. The Balaban J connectivity index is 2.05. The summed E-state index contributed by atoms with van der Waals surface area (Å²) >= 11 is 5.02. The van der Waals surface area contributed by atoms with Crippen molar-refractivity contribution in [3.63, 3.8) is 0 Å². The third-order valence-electron chi connectivity index (χ3n) is 2.55. The molecule has 0 amide bonds. The molecule has 17 heavy (non-hydrogen) atoms. The zero-order chi connectivity index (χ0) is 12.3. The molecule has 0 aliphatic rings. The van der Waals surface area contributed by atoms with Crippen molar-refractivity contribution in [3.05, 3.63) is 50.4 Å². The van der Waals surface area contributed by atoms with E-state index in [0.717, 1.165) is 21.5 Å². The Kier molecular flexibility index (Phi) is 4.31. The highest BCUT2D eigenvalue weighted by molar-refractivity contribution is 9.10. The summed E-state index contributed by atoms with van der Waals surface area (Å²) in [5.74, 6) is 0. The van der Waals surface area contributed by atoms with Crippen LogP contribution in [-0.2, 0) is 12.8 Å². The molecule has 2 rings (SSSR count). The first-order valence-electron chi connectivity index (χ1n) is 5.56. The highest BCUT2D eigenvalue weighted by Gasteiger charge is 2.11. The largest absolute Gasteiger partial charge is 0.387 e. The van der Waals surface area contributed by atoms with Crippen molar-refractivity contribution >= 4 is 27.3 Å².